The van der Waals surface area contributed by atoms with E-state index in [9.17, 15) is 26.7 Å². The Balaban J connectivity index is 1.03. The zero-order chi connectivity index (χ0) is 31.5. The molecule has 2 aliphatic heterocycles. The van der Waals surface area contributed by atoms with Gasteiger partial charge < -0.3 is 10.0 Å². The second-order valence-corrected chi connectivity index (χ2v) is 16.9. The van der Waals surface area contributed by atoms with Crippen molar-refractivity contribution in [3.05, 3.63) is 53.1 Å². The van der Waals surface area contributed by atoms with E-state index in [1.807, 2.05) is 19.1 Å². The molecule has 1 saturated carbocycles. The van der Waals surface area contributed by atoms with Crippen LogP contribution < -0.4 is 9.62 Å². The number of piperidine rings is 2. The molecule has 5 rings (SSSR count). The number of carbonyl (C=O) groups is 1. The number of rotatable bonds is 11. The maximum atomic E-state index is 13.0. The van der Waals surface area contributed by atoms with Crippen molar-refractivity contribution in [3.63, 3.8) is 0 Å². The second kappa shape index (κ2) is 14.1. The molecule has 2 unspecified atom stereocenters. The Morgan fingerprint density at radius 2 is 1.45 bits per heavy atom. The summed E-state index contributed by atoms with van der Waals surface area (Å²) in [5.41, 5.74) is 1.88. The summed E-state index contributed by atoms with van der Waals surface area (Å²) in [5, 5.41) is 9.60. The molecule has 3 fully saturated rings. The smallest absolute Gasteiger partial charge is 0.306 e. The highest BCUT2D eigenvalue weighted by molar-refractivity contribution is 7.89. The Kier molecular flexibility index (Phi) is 10.6. The molecular weight excluding hydrogens is 622 g/mol. The average Bonchev–Trinajstić information content (AvgIpc) is 3.46. The summed E-state index contributed by atoms with van der Waals surface area (Å²) in [7, 11) is -7.22. The summed E-state index contributed by atoms with van der Waals surface area (Å²) in [6.45, 7) is 4.85. The predicted molar refractivity (Wildman–Crippen MR) is 172 cm³/mol. The van der Waals surface area contributed by atoms with Crippen LogP contribution in [0.3, 0.4) is 0 Å². The van der Waals surface area contributed by atoms with Crippen LogP contribution in [0.1, 0.15) is 69.8 Å². The maximum Gasteiger partial charge on any atom is 0.306 e. The van der Waals surface area contributed by atoms with Crippen LogP contribution >= 0.6 is 11.6 Å². The molecule has 2 aromatic carbocycles. The van der Waals surface area contributed by atoms with E-state index in [1.54, 1.807) is 28.6 Å². The summed E-state index contributed by atoms with van der Waals surface area (Å²) in [4.78, 5) is 13.9. The molecule has 1 aliphatic carbocycles. The number of nitrogens with one attached hydrogen (secondary N) is 1. The zero-order valence-electron chi connectivity index (χ0n) is 25.3. The minimum atomic E-state index is -3.79. The van der Waals surface area contributed by atoms with Gasteiger partial charge in [-0.3, -0.25) is 4.79 Å². The summed E-state index contributed by atoms with van der Waals surface area (Å²) >= 11 is 6.58. The third-order valence-electron chi connectivity index (χ3n) is 9.75. The van der Waals surface area contributed by atoms with Gasteiger partial charge in [0.2, 0.25) is 20.0 Å². The van der Waals surface area contributed by atoms with Gasteiger partial charge in [0.05, 0.1) is 26.4 Å². The SMILES string of the molecule is Cc1ccc(S(=O)(=O)N2CCC(CCCC3CCN(c4ccc(S(=O)(=O)NC5CCC(C(=O)O)C5)cc4Cl)CC3)CC2)cc1. The van der Waals surface area contributed by atoms with Gasteiger partial charge in [0.1, 0.15) is 0 Å². The van der Waals surface area contributed by atoms with Crippen LogP contribution in [0.2, 0.25) is 5.02 Å². The van der Waals surface area contributed by atoms with Crippen molar-refractivity contribution in [1.82, 2.24) is 9.03 Å². The lowest BCUT2D eigenvalue weighted by Gasteiger charge is -2.35. The number of anilines is 1. The van der Waals surface area contributed by atoms with Crippen molar-refractivity contribution in [2.24, 2.45) is 17.8 Å². The van der Waals surface area contributed by atoms with Gasteiger partial charge in [0.15, 0.2) is 0 Å². The number of benzene rings is 2. The molecule has 0 aromatic heterocycles. The average molecular weight is 666 g/mol. The molecule has 44 heavy (non-hydrogen) atoms. The first kappa shape index (κ1) is 33.2. The van der Waals surface area contributed by atoms with Crippen molar-refractivity contribution in [1.29, 1.82) is 0 Å². The number of sulfonamides is 2. The molecule has 0 bridgehead atoms. The van der Waals surface area contributed by atoms with E-state index in [0.29, 0.717) is 54.1 Å². The van der Waals surface area contributed by atoms with Crippen LogP contribution in [-0.2, 0) is 24.8 Å². The van der Waals surface area contributed by atoms with Gasteiger partial charge in [-0.2, -0.15) is 4.31 Å². The Hall–Kier alpha value is -2.18. The molecule has 2 saturated heterocycles. The minimum Gasteiger partial charge on any atom is -0.481 e. The Morgan fingerprint density at radius 1 is 0.864 bits per heavy atom. The third kappa shape index (κ3) is 7.96. The van der Waals surface area contributed by atoms with Gasteiger partial charge in [0.25, 0.3) is 0 Å². The third-order valence-corrected chi connectivity index (χ3v) is 13.5. The number of aliphatic carboxylic acids is 1. The van der Waals surface area contributed by atoms with Crippen LogP contribution in [0.25, 0.3) is 0 Å². The largest absolute Gasteiger partial charge is 0.481 e. The predicted octanol–water partition coefficient (Wildman–Crippen LogP) is 5.67. The lowest BCUT2D eigenvalue weighted by atomic mass is 9.87. The molecule has 12 heteroatoms. The Bertz CT molecular complexity index is 1520. The zero-order valence-corrected chi connectivity index (χ0v) is 27.7. The molecular formula is C32H44ClN3O6S2. The van der Waals surface area contributed by atoms with Crippen LogP contribution in [-0.4, -0.2) is 64.4 Å². The number of halogens is 1. The van der Waals surface area contributed by atoms with E-state index >= 15 is 0 Å². The number of nitrogens with zero attached hydrogens (tertiary/aromatic N) is 2. The minimum absolute atomic E-state index is 0.0958. The molecule has 2 N–H and O–H groups in total. The Labute approximate surface area is 267 Å². The fourth-order valence-electron chi connectivity index (χ4n) is 6.97. The number of hydrogen-bond donors (Lipinski definition) is 2. The van der Waals surface area contributed by atoms with E-state index in [0.717, 1.165) is 69.3 Å². The maximum absolute atomic E-state index is 13.0. The number of hydrogen-bond acceptors (Lipinski definition) is 6. The van der Waals surface area contributed by atoms with Crippen molar-refractivity contribution in [3.8, 4) is 0 Å². The molecule has 2 aromatic rings. The summed E-state index contributed by atoms with van der Waals surface area (Å²) in [6.07, 6.45) is 8.65. The standard InChI is InChI=1S/C32H44ClN3O6S2/c1-23-5-9-28(10-6-23)44(41,42)36-19-15-25(16-20-36)4-2-3-24-13-17-35(18-14-24)31-12-11-29(22-30(31)33)43(39,40)34-27-8-7-26(21-27)32(37)38/h5-6,9-12,22,24-27,34H,2-4,7-8,13-21H2,1H3,(H,37,38). The van der Waals surface area contributed by atoms with Crippen molar-refractivity contribution in [2.45, 2.75) is 87.0 Å². The van der Waals surface area contributed by atoms with E-state index in [1.165, 1.54) is 6.07 Å². The fraction of sp³-hybridized carbons (Fsp3) is 0.594. The lowest BCUT2D eigenvalue weighted by molar-refractivity contribution is -0.141. The first-order chi connectivity index (χ1) is 20.9. The highest BCUT2D eigenvalue weighted by Gasteiger charge is 2.33. The fourth-order valence-corrected chi connectivity index (χ4v) is 10.1. The molecule has 2 heterocycles. The molecule has 2 atom stereocenters. The van der Waals surface area contributed by atoms with Crippen molar-refractivity contribution in [2.75, 3.05) is 31.1 Å². The molecule has 9 nitrogen and oxygen atoms in total. The van der Waals surface area contributed by atoms with Gasteiger partial charge in [-0.15, -0.1) is 0 Å². The monoisotopic (exact) mass is 665 g/mol. The second-order valence-electron chi connectivity index (χ2n) is 12.8. The van der Waals surface area contributed by atoms with E-state index < -0.39 is 31.9 Å². The van der Waals surface area contributed by atoms with E-state index in [4.69, 9.17) is 11.6 Å². The molecule has 0 radical (unpaired) electrons. The highest BCUT2D eigenvalue weighted by Crippen LogP contribution is 2.35. The number of carboxylic acid groups (broad SMARTS) is 1. The van der Waals surface area contributed by atoms with Crippen LogP contribution in [0, 0.1) is 24.7 Å². The van der Waals surface area contributed by atoms with Gasteiger partial charge in [-0.1, -0.05) is 48.6 Å². The van der Waals surface area contributed by atoms with Crippen LogP contribution in [0.4, 0.5) is 5.69 Å². The van der Waals surface area contributed by atoms with Crippen molar-refractivity contribution < 1.29 is 26.7 Å². The van der Waals surface area contributed by atoms with Gasteiger partial charge >= 0.3 is 5.97 Å². The van der Waals surface area contributed by atoms with Crippen molar-refractivity contribution >= 4 is 43.3 Å². The normalized spacial score (nSPS) is 22.8. The van der Waals surface area contributed by atoms with Gasteiger partial charge in [-0.05, 0) is 94.0 Å². The topological polar surface area (TPSA) is 124 Å². The quantitative estimate of drug-likeness (QED) is 0.317. The molecule has 3 aliphatic rings. The van der Waals surface area contributed by atoms with E-state index in [2.05, 4.69) is 9.62 Å². The Morgan fingerprint density at radius 3 is 2.02 bits per heavy atom. The molecule has 242 valence electrons. The van der Waals surface area contributed by atoms with E-state index in [-0.39, 0.29) is 10.9 Å². The molecule has 0 amide bonds. The highest BCUT2D eigenvalue weighted by atomic mass is 35.5. The summed E-state index contributed by atoms with van der Waals surface area (Å²) < 4.78 is 56.1. The van der Waals surface area contributed by atoms with Crippen LogP contribution in [0.5, 0.6) is 0 Å². The number of carboxylic acids is 1. The van der Waals surface area contributed by atoms with Gasteiger partial charge in [0, 0.05) is 32.2 Å². The van der Waals surface area contributed by atoms with Crippen LogP contribution in [0.15, 0.2) is 52.3 Å². The van der Waals surface area contributed by atoms with Gasteiger partial charge in [-0.25, -0.2) is 21.6 Å². The first-order valence-corrected chi connectivity index (χ1v) is 19.1. The lowest BCUT2D eigenvalue weighted by Crippen LogP contribution is -2.38. The summed E-state index contributed by atoms with van der Waals surface area (Å²) in [6, 6.07) is 11.6. The first-order valence-electron chi connectivity index (χ1n) is 15.8. The number of aryl methyl sites for hydroxylation is 1. The summed E-state index contributed by atoms with van der Waals surface area (Å²) in [5.74, 6) is -0.190. The molecule has 0 spiro atoms.